The highest BCUT2D eigenvalue weighted by atomic mass is 31.2. The van der Waals surface area contributed by atoms with Crippen molar-refractivity contribution in [3.63, 3.8) is 0 Å². The second-order valence-electron chi connectivity index (χ2n) is 13.8. The van der Waals surface area contributed by atoms with E-state index in [0.717, 1.165) is 70.6 Å². The number of allylic oxidation sites excluding steroid dienone is 16. The summed E-state index contributed by atoms with van der Waals surface area (Å²) >= 11 is 0. The third-order valence-electron chi connectivity index (χ3n) is 8.45. The second-order valence-corrected chi connectivity index (χ2v) is 15.3. The SMILES string of the molecule is CC/C=C\C/C=C\C/C=C\C/C=C\C/C=C\CCCCCC(=O)OC[C@H](COP(=O)(O)OCCN)OC(=O)CCC/C=C\C/C=C\C/C=C\CCCCCCCC. The lowest BCUT2D eigenvalue weighted by molar-refractivity contribution is -0.161. The molecular weight excluding hydrogens is 737 g/mol. The number of unbranched alkanes of at least 4 members (excludes halogenated alkanes) is 10. The van der Waals surface area contributed by atoms with Gasteiger partial charge in [0.05, 0.1) is 13.2 Å². The Kier molecular flexibility index (Phi) is 40.2. The normalized spacial score (nSPS) is 14.2. The fourth-order valence-corrected chi connectivity index (χ4v) is 6.03. The van der Waals surface area contributed by atoms with Crippen LogP contribution in [0, 0.1) is 0 Å². The van der Waals surface area contributed by atoms with Crippen molar-refractivity contribution in [2.45, 2.75) is 161 Å². The summed E-state index contributed by atoms with van der Waals surface area (Å²) in [5.74, 6) is -0.938. The van der Waals surface area contributed by atoms with Crippen LogP contribution in [0.5, 0.6) is 0 Å². The third kappa shape index (κ3) is 42.4. The van der Waals surface area contributed by atoms with Crippen LogP contribution in [0.1, 0.15) is 155 Å². The molecule has 0 aromatic rings. The van der Waals surface area contributed by atoms with Gasteiger partial charge in [-0.05, 0) is 89.9 Å². The van der Waals surface area contributed by atoms with E-state index in [1.54, 1.807) is 0 Å². The molecule has 0 aromatic carbocycles. The molecule has 0 saturated heterocycles. The van der Waals surface area contributed by atoms with Crippen molar-refractivity contribution in [1.82, 2.24) is 0 Å². The first-order chi connectivity index (χ1) is 27.8. The molecule has 0 radical (unpaired) electrons. The summed E-state index contributed by atoms with van der Waals surface area (Å²) in [6.07, 6.45) is 54.5. The monoisotopic (exact) mass is 816 g/mol. The highest BCUT2D eigenvalue weighted by Crippen LogP contribution is 2.43. The van der Waals surface area contributed by atoms with Gasteiger partial charge in [-0.1, -0.05) is 150 Å². The minimum Gasteiger partial charge on any atom is -0.462 e. The molecule has 2 atom stereocenters. The smallest absolute Gasteiger partial charge is 0.462 e. The molecule has 1 unspecified atom stereocenters. The molecule has 0 aliphatic carbocycles. The molecule has 0 rings (SSSR count). The van der Waals surface area contributed by atoms with Gasteiger partial charge in [0.1, 0.15) is 6.61 Å². The molecule has 0 fully saturated rings. The van der Waals surface area contributed by atoms with E-state index in [9.17, 15) is 19.0 Å². The quantitative estimate of drug-likeness (QED) is 0.0269. The first-order valence-electron chi connectivity index (χ1n) is 21.7. The first-order valence-corrected chi connectivity index (χ1v) is 23.2. The van der Waals surface area contributed by atoms with E-state index in [0.29, 0.717) is 19.3 Å². The van der Waals surface area contributed by atoms with Gasteiger partial charge in [-0.2, -0.15) is 0 Å². The van der Waals surface area contributed by atoms with Crippen molar-refractivity contribution in [2.75, 3.05) is 26.4 Å². The topological polar surface area (TPSA) is 134 Å². The molecule has 0 aliphatic rings. The zero-order chi connectivity index (χ0) is 41.8. The Morgan fingerprint density at radius 3 is 1.49 bits per heavy atom. The van der Waals surface area contributed by atoms with Crippen molar-refractivity contribution < 1.29 is 37.6 Å². The zero-order valence-electron chi connectivity index (χ0n) is 35.5. The number of hydrogen-bond donors (Lipinski definition) is 2. The van der Waals surface area contributed by atoms with Crippen molar-refractivity contribution in [3.05, 3.63) is 97.2 Å². The van der Waals surface area contributed by atoms with E-state index in [-0.39, 0.29) is 32.6 Å². The number of carbonyl (C=O) groups excluding carboxylic acids is 2. The molecule has 57 heavy (non-hydrogen) atoms. The number of ether oxygens (including phenoxy) is 2. The van der Waals surface area contributed by atoms with Crippen LogP contribution < -0.4 is 5.73 Å². The predicted molar refractivity (Wildman–Crippen MR) is 238 cm³/mol. The van der Waals surface area contributed by atoms with Gasteiger partial charge >= 0.3 is 19.8 Å². The highest BCUT2D eigenvalue weighted by Gasteiger charge is 2.25. The second kappa shape index (κ2) is 42.5. The van der Waals surface area contributed by atoms with Gasteiger partial charge < -0.3 is 20.1 Å². The number of phosphoric ester groups is 1. The molecule has 0 amide bonds. The summed E-state index contributed by atoms with van der Waals surface area (Å²) in [5.41, 5.74) is 5.34. The van der Waals surface area contributed by atoms with Gasteiger partial charge in [-0.25, -0.2) is 4.57 Å². The molecule has 3 N–H and O–H groups in total. The number of carbonyl (C=O) groups is 2. The van der Waals surface area contributed by atoms with Crippen LogP contribution in [0.2, 0.25) is 0 Å². The van der Waals surface area contributed by atoms with Crippen molar-refractivity contribution in [1.29, 1.82) is 0 Å². The summed E-state index contributed by atoms with van der Waals surface area (Å²) in [6.45, 7) is 3.49. The molecule has 324 valence electrons. The summed E-state index contributed by atoms with van der Waals surface area (Å²) in [4.78, 5) is 34.8. The van der Waals surface area contributed by atoms with Crippen molar-refractivity contribution in [2.24, 2.45) is 5.73 Å². The maximum absolute atomic E-state index is 12.6. The number of nitrogens with two attached hydrogens (primary N) is 1. The Morgan fingerprint density at radius 1 is 0.544 bits per heavy atom. The average molecular weight is 816 g/mol. The highest BCUT2D eigenvalue weighted by molar-refractivity contribution is 7.47. The molecule has 0 heterocycles. The molecule has 0 saturated carbocycles. The van der Waals surface area contributed by atoms with E-state index in [1.165, 1.54) is 38.5 Å². The van der Waals surface area contributed by atoms with Gasteiger partial charge in [0.25, 0.3) is 0 Å². The lowest BCUT2D eigenvalue weighted by Crippen LogP contribution is -2.29. The Morgan fingerprint density at radius 2 is 0.982 bits per heavy atom. The predicted octanol–water partition coefficient (Wildman–Crippen LogP) is 12.6. The minimum absolute atomic E-state index is 0.0354. The molecule has 9 nitrogen and oxygen atoms in total. The van der Waals surface area contributed by atoms with Gasteiger partial charge in [0, 0.05) is 19.4 Å². The summed E-state index contributed by atoms with van der Waals surface area (Å²) in [6, 6.07) is 0. The molecule has 0 bridgehead atoms. The van der Waals surface area contributed by atoms with E-state index in [2.05, 4.69) is 105 Å². The van der Waals surface area contributed by atoms with E-state index >= 15 is 0 Å². The van der Waals surface area contributed by atoms with Crippen LogP contribution in [0.3, 0.4) is 0 Å². The Labute approximate surface area is 346 Å². The number of rotatable bonds is 39. The lowest BCUT2D eigenvalue weighted by atomic mass is 10.1. The summed E-state index contributed by atoms with van der Waals surface area (Å²) in [5, 5.41) is 0. The van der Waals surface area contributed by atoms with E-state index in [4.69, 9.17) is 24.3 Å². The van der Waals surface area contributed by atoms with Crippen LogP contribution in [0.15, 0.2) is 97.2 Å². The van der Waals surface area contributed by atoms with Crippen molar-refractivity contribution in [3.8, 4) is 0 Å². The van der Waals surface area contributed by atoms with Crippen LogP contribution in [-0.2, 0) is 32.7 Å². The van der Waals surface area contributed by atoms with Crippen LogP contribution >= 0.6 is 7.82 Å². The van der Waals surface area contributed by atoms with Gasteiger partial charge in [-0.3, -0.25) is 18.6 Å². The molecular formula is C47H78NO8P. The fraction of sp³-hybridized carbons (Fsp3) is 0.617. The minimum atomic E-state index is -4.41. The summed E-state index contributed by atoms with van der Waals surface area (Å²) in [7, 11) is -4.41. The fourth-order valence-electron chi connectivity index (χ4n) is 5.26. The molecule has 0 aliphatic heterocycles. The Balaban J connectivity index is 4.33. The average Bonchev–Trinajstić information content (AvgIpc) is 3.20. The first kappa shape index (κ1) is 53.9. The van der Waals surface area contributed by atoms with E-state index in [1.807, 2.05) is 6.08 Å². The van der Waals surface area contributed by atoms with Crippen LogP contribution in [0.4, 0.5) is 0 Å². The Hall–Kier alpha value is -3.07. The van der Waals surface area contributed by atoms with Gasteiger partial charge in [0.2, 0.25) is 0 Å². The standard InChI is InChI=1S/C47H78NO8P/c1-3-5-7-9-11-13-15-17-19-21-22-24-25-27-29-31-33-35-37-39-46(49)53-43-45(44-55-57(51,52)54-42-41-48)56-47(50)40-38-36-34-32-30-28-26-23-20-18-16-14-12-10-8-6-4-2/h5,7,11,13,17-20,22,24,26-29,32,34,45H,3-4,6,8-10,12,14-16,21,23,25,30-31,33,35-44,48H2,1-2H3,(H,51,52)/b7-5-,13-11-,19-17-,20-18-,24-22-,28-26-,29-27-,34-32-/t45-/m1/s1. The summed E-state index contributed by atoms with van der Waals surface area (Å²) < 4.78 is 32.7. The maximum atomic E-state index is 12.6. The van der Waals surface area contributed by atoms with Crippen LogP contribution in [-0.4, -0.2) is 49.3 Å². The molecule has 0 spiro atoms. The van der Waals surface area contributed by atoms with Gasteiger partial charge in [-0.15, -0.1) is 0 Å². The largest absolute Gasteiger partial charge is 0.472 e. The number of hydrogen-bond acceptors (Lipinski definition) is 8. The lowest BCUT2D eigenvalue weighted by Gasteiger charge is -2.19. The van der Waals surface area contributed by atoms with Crippen LogP contribution in [0.25, 0.3) is 0 Å². The molecule has 10 heteroatoms. The molecule has 0 aromatic heterocycles. The van der Waals surface area contributed by atoms with E-state index < -0.39 is 32.5 Å². The van der Waals surface area contributed by atoms with Gasteiger partial charge in [0.15, 0.2) is 6.10 Å². The maximum Gasteiger partial charge on any atom is 0.472 e. The number of esters is 2. The Bertz CT molecular complexity index is 1250. The zero-order valence-corrected chi connectivity index (χ0v) is 36.4. The number of phosphoric acid groups is 1. The van der Waals surface area contributed by atoms with Crippen molar-refractivity contribution >= 4 is 19.8 Å². The third-order valence-corrected chi connectivity index (χ3v) is 9.44.